The smallest absolute Gasteiger partial charge is 0.251 e. The Kier molecular flexibility index (Phi) is 3.65. The summed E-state index contributed by atoms with van der Waals surface area (Å²) >= 11 is 0. The number of hydrogen-bond acceptors (Lipinski definition) is 3. The third-order valence-electron chi connectivity index (χ3n) is 3.82. The monoisotopic (exact) mass is 269 g/mol. The third-order valence-corrected chi connectivity index (χ3v) is 3.82. The summed E-state index contributed by atoms with van der Waals surface area (Å²) in [6, 6.07) is 12.1. The van der Waals surface area contributed by atoms with Gasteiger partial charge in [-0.3, -0.25) is 9.69 Å². The zero-order valence-corrected chi connectivity index (χ0v) is 11.7. The molecule has 1 atom stereocenters. The quantitative estimate of drug-likeness (QED) is 0.928. The molecule has 1 aromatic heterocycles. The Morgan fingerprint density at radius 2 is 2.15 bits per heavy atom. The number of likely N-dealkylation sites (tertiary alicyclic amines) is 1. The topological polar surface area (TPSA) is 49.0 Å². The van der Waals surface area contributed by atoms with E-state index in [0.717, 1.165) is 31.7 Å². The van der Waals surface area contributed by atoms with E-state index in [1.54, 1.807) is 6.07 Å². The number of benzene rings is 1. The van der Waals surface area contributed by atoms with Gasteiger partial charge in [0.2, 0.25) is 0 Å². The van der Waals surface area contributed by atoms with Gasteiger partial charge in [0.25, 0.3) is 5.56 Å². The summed E-state index contributed by atoms with van der Waals surface area (Å²) in [6.07, 6.45) is 1.07. The van der Waals surface area contributed by atoms with E-state index < -0.39 is 0 Å². The molecule has 1 aromatic carbocycles. The molecule has 4 nitrogen and oxygen atoms in total. The number of aromatic amines is 1. The van der Waals surface area contributed by atoms with E-state index in [-0.39, 0.29) is 5.56 Å². The molecule has 0 bridgehead atoms. The Bertz CT molecular complexity index is 636. The molecule has 0 amide bonds. The second-order valence-corrected chi connectivity index (χ2v) is 5.46. The summed E-state index contributed by atoms with van der Waals surface area (Å²) in [6.45, 7) is 4.85. The van der Waals surface area contributed by atoms with Gasteiger partial charge in [-0.1, -0.05) is 30.3 Å². The van der Waals surface area contributed by atoms with Crippen LogP contribution in [0, 0.1) is 6.92 Å². The van der Waals surface area contributed by atoms with Crippen molar-refractivity contribution in [3.05, 3.63) is 63.8 Å². The Hall–Kier alpha value is -1.94. The van der Waals surface area contributed by atoms with E-state index in [9.17, 15) is 4.79 Å². The molecular weight excluding hydrogens is 250 g/mol. The van der Waals surface area contributed by atoms with Crippen molar-refractivity contribution in [1.29, 1.82) is 0 Å². The highest BCUT2D eigenvalue weighted by atomic mass is 16.1. The molecule has 1 fully saturated rings. The van der Waals surface area contributed by atoms with Crippen LogP contribution < -0.4 is 5.56 Å². The van der Waals surface area contributed by atoms with Crippen LogP contribution in [0.25, 0.3) is 0 Å². The highest BCUT2D eigenvalue weighted by molar-refractivity contribution is 5.16. The van der Waals surface area contributed by atoms with Crippen molar-refractivity contribution in [2.45, 2.75) is 25.8 Å². The molecular formula is C16H19N3O. The van der Waals surface area contributed by atoms with Gasteiger partial charge in [-0.25, -0.2) is 4.98 Å². The summed E-state index contributed by atoms with van der Waals surface area (Å²) < 4.78 is 0. The van der Waals surface area contributed by atoms with E-state index in [4.69, 9.17) is 0 Å². The highest BCUT2D eigenvalue weighted by Crippen LogP contribution is 2.26. The van der Waals surface area contributed by atoms with E-state index in [1.165, 1.54) is 5.56 Å². The molecule has 0 unspecified atom stereocenters. The van der Waals surface area contributed by atoms with Crippen molar-refractivity contribution in [3.8, 4) is 0 Å². The van der Waals surface area contributed by atoms with Gasteiger partial charge in [-0.15, -0.1) is 0 Å². The Morgan fingerprint density at radius 1 is 1.35 bits per heavy atom. The molecule has 1 aliphatic heterocycles. The van der Waals surface area contributed by atoms with Crippen molar-refractivity contribution < 1.29 is 0 Å². The van der Waals surface area contributed by atoms with Crippen LogP contribution in [0.5, 0.6) is 0 Å². The van der Waals surface area contributed by atoms with Gasteiger partial charge >= 0.3 is 0 Å². The summed E-state index contributed by atoms with van der Waals surface area (Å²) in [5, 5.41) is 0. The fourth-order valence-electron chi connectivity index (χ4n) is 2.87. The van der Waals surface area contributed by atoms with Crippen LogP contribution in [0.3, 0.4) is 0 Å². The second kappa shape index (κ2) is 5.59. The zero-order chi connectivity index (χ0) is 13.9. The van der Waals surface area contributed by atoms with Gasteiger partial charge in [0.15, 0.2) is 0 Å². The maximum atomic E-state index is 11.5. The van der Waals surface area contributed by atoms with Crippen LogP contribution in [0.2, 0.25) is 0 Å². The van der Waals surface area contributed by atoms with Gasteiger partial charge in [-0.2, -0.15) is 0 Å². The Balaban J connectivity index is 1.69. The number of nitrogens with zero attached hydrogens (tertiary/aromatic N) is 2. The second-order valence-electron chi connectivity index (χ2n) is 5.46. The average Bonchev–Trinajstić information content (AvgIpc) is 2.87. The lowest BCUT2D eigenvalue weighted by molar-refractivity contribution is 0.326. The SMILES string of the molecule is Cc1nc([C@@H]2CCN(Cc3ccccc3)C2)cc(=O)[nH]1. The Morgan fingerprint density at radius 3 is 2.90 bits per heavy atom. The number of rotatable bonds is 3. The first-order valence-electron chi connectivity index (χ1n) is 7.05. The minimum atomic E-state index is -0.0472. The maximum Gasteiger partial charge on any atom is 0.251 e. The molecule has 0 saturated carbocycles. The molecule has 2 heterocycles. The number of hydrogen-bond donors (Lipinski definition) is 1. The first-order chi connectivity index (χ1) is 9.70. The minimum Gasteiger partial charge on any atom is -0.311 e. The Labute approximate surface area is 118 Å². The van der Waals surface area contributed by atoms with Gasteiger partial charge in [0.1, 0.15) is 5.82 Å². The summed E-state index contributed by atoms with van der Waals surface area (Å²) in [5.74, 6) is 1.08. The van der Waals surface area contributed by atoms with Gasteiger partial charge in [0, 0.05) is 25.1 Å². The normalized spacial score (nSPS) is 19.4. The molecule has 0 spiro atoms. The lowest BCUT2D eigenvalue weighted by atomic mass is 10.0. The molecule has 1 aliphatic rings. The third kappa shape index (κ3) is 2.96. The predicted molar refractivity (Wildman–Crippen MR) is 78.7 cm³/mol. The van der Waals surface area contributed by atoms with E-state index in [2.05, 4.69) is 39.1 Å². The fraction of sp³-hybridized carbons (Fsp3) is 0.375. The standard InChI is InChI=1S/C16H19N3O/c1-12-17-15(9-16(20)18-12)14-7-8-19(11-14)10-13-5-3-2-4-6-13/h2-6,9,14H,7-8,10-11H2,1H3,(H,17,18,20)/t14-/m1/s1. The van der Waals surface area contributed by atoms with Gasteiger partial charge in [-0.05, 0) is 25.5 Å². The highest BCUT2D eigenvalue weighted by Gasteiger charge is 2.25. The largest absolute Gasteiger partial charge is 0.311 e. The first kappa shape index (κ1) is 13.1. The zero-order valence-electron chi connectivity index (χ0n) is 11.7. The van der Waals surface area contributed by atoms with Crippen molar-refractivity contribution in [2.24, 2.45) is 0 Å². The van der Waals surface area contributed by atoms with Crippen LogP contribution in [0.1, 0.15) is 29.4 Å². The molecule has 20 heavy (non-hydrogen) atoms. The number of aryl methyl sites for hydroxylation is 1. The lowest BCUT2D eigenvalue weighted by Gasteiger charge is -2.16. The molecule has 1 saturated heterocycles. The summed E-state index contributed by atoms with van der Waals surface area (Å²) in [4.78, 5) is 21.1. The first-order valence-corrected chi connectivity index (χ1v) is 7.05. The summed E-state index contributed by atoms with van der Waals surface area (Å²) in [7, 11) is 0. The van der Waals surface area contributed by atoms with Gasteiger partial charge < -0.3 is 4.98 Å². The molecule has 0 aliphatic carbocycles. The van der Waals surface area contributed by atoms with Crippen molar-refractivity contribution in [2.75, 3.05) is 13.1 Å². The predicted octanol–water partition coefficient (Wildman–Crippen LogP) is 2.07. The molecule has 0 radical (unpaired) electrons. The molecule has 104 valence electrons. The maximum absolute atomic E-state index is 11.5. The molecule has 2 aromatic rings. The van der Waals surface area contributed by atoms with Crippen molar-refractivity contribution in [1.82, 2.24) is 14.9 Å². The minimum absolute atomic E-state index is 0.0472. The van der Waals surface area contributed by atoms with E-state index >= 15 is 0 Å². The molecule has 3 rings (SSSR count). The van der Waals surface area contributed by atoms with E-state index in [1.807, 2.05) is 13.0 Å². The molecule has 4 heteroatoms. The molecule has 1 N–H and O–H groups in total. The average molecular weight is 269 g/mol. The van der Waals surface area contributed by atoms with Crippen molar-refractivity contribution >= 4 is 0 Å². The van der Waals surface area contributed by atoms with Gasteiger partial charge in [0.05, 0.1) is 5.69 Å². The fourth-order valence-corrected chi connectivity index (χ4v) is 2.87. The van der Waals surface area contributed by atoms with Crippen LogP contribution >= 0.6 is 0 Å². The van der Waals surface area contributed by atoms with E-state index in [0.29, 0.717) is 11.7 Å². The number of H-pyrrole nitrogens is 1. The number of aromatic nitrogens is 2. The van der Waals surface area contributed by atoms with Crippen LogP contribution in [0.4, 0.5) is 0 Å². The van der Waals surface area contributed by atoms with Crippen LogP contribution in [0.15, 0.2) is 41.2 Å². The van der Waals surface area contributed by atoms with Crippen LogP contribution in [-0.4, -0.2) is 28.0 Å². The number of nitrogens with one attached hydrogen (secondary N) is 1. The lowest BCUT2D eigenvalue weighted by Crippen LogP contribution is -2.20. The van der Waals surface area contributed by atoms with Crippen LogP contribution in [-0.2, 0) is 6.54 Å². The van der Waals surface area contributed by atoms with Crippen molar-refractivity contribution in [3.63, 3.8) is 0 Å². The summed E-state index contributed by atoms with van der Waals surface area (Å²) in [5.41, 5.74) is 2.22.